The van der Waals surface area contributed by atoms with E-state index >= 15 is 0 Å². The van der Waals surface area contributed by atoms with Gasteiger partial charge in [-0.2, -0.15) is 0 Å². The molecule has 0 aromatic carbocycles. The summed E-state index contributed by atoms with van der Waals surface area (Å²) in [5.41, 5.74) is 0.721. The highest BCUT2D eigenvalue weighted by molar-refractivity contribution is 5.79. The number of hydrogen-bond donors (Lipinski definition) is 1. The van der Waals surface area contributed by atoms with Gasteiger partial charge >= 0.3 is 0 Å². The van der Waals surface area contributed by atoms with Crippen molar-refractivity contribution in [1.82, 2.24) is 5.32 Å². The van der Waals surface area contributed by atoms with Gasteiger partial charge in [0.1, 0.15) is 0 Å². The van der Waals surface area contributed by atoms with E-state index in [2.05, 4.69) is 17.0 Å². The number of nitrogens with zero attached hydrogens (tertiary/aromatic N) is 1. The zero-order valence-electron chi connectivity index (χ0n) is 7.22. The summed E-state index contributed by atoms with van der Waals surface area (Å²) in [6.45, 7) is 8.72. The lowest BCUT2D eigenvalue weighted by atomic mass is 10.2. The molecule has 11 heavy (non-hydrogen) atoms. The molecule has 1 N–H and O–H groups in total. The number of hydrogen-bond acceptors (Lipinski definition) is 2. The van der Waals surface area contributed by atoms with E-state index in [0.29, 0.717) is 0 Å². The van der Waals surface area contributed by atoms with Crippen molar-refractivity contribution < 1.29 is 4.79 Å². The Morgan fingerprint density at radius 1 is 1.64 bits per heavy atom. The molecule has 0 bridgehead atoms. The number of amides is 1. The van der Waals surface area contributed by atoms with Gasteiger partial charge in [-0.1, -0.05) is 13.8 Å². The van der Waals surface area contributed by atoms with E-state index in [4.69, 9.17) is 0 Å². The van der Waals surface area contributed by atoms with Crippen LogP contribution >= 0.6 is 0 Å². The Morgan fingerprint density at radius 3 is 2.55 bits per heavy atom. The minimum absolute atomic E-state index is 0.00222. The van der Waals surface area contributed by atoms with E-state index < -0.39 is 0 Å². The highest BCUT2D eigenvalue weighted by atomic mass is 16.1. The van der Waals surface area contributed by atoms with E-state index in [1.54, 1.807) is 6.92 Å². The summed E-state index contributed by atoms with van der Waals surface area (Å²) in [7, 11) is 0. The van der Waals surface area contributed by atoms with Gasteiger partial charge in [-0.15, -0.1) is 0 Å². The van der Waals surface area contributed by atoms with Gasteiger partial charge in [-0.05, 0) is 13.6 Å². The number of rotatable bonds is 3. The van der Waals surface area contributed by atoms with Crippen LogP contribution in [0.15, 0.2) is 16.9 Å². The molecule has 3 heteroatoms. The third-order valence-corrected chi connectivity index (χ3v) is 1.13. The molecule has 0 aromatic heterocycles. The molecular weight excluding hydrogens is 140 g/mol. The quantitative estimate of drug-likeness (QED) is 0.612. The maximum atomic E-state index is 11.0. The van der Waals surface area contributed by atoms with Crippen molar-refractivity contribution >= 4 is 12.6 Å². The molecule has 3 nitrogen and oxygen atoms in total. The number of aliphatic imine (C=N–C) groups is 1. The average Bonchev–Trinajstić information content (AvgIpc) is 1.87. The Kier molecular flexibility index (Phi) is 4.18. The zero-order valence-corrected chi connectivity index (χ0v) is 7.22. The predicted octanol–water partition coefficient (Wildman–Crippen LogP) is 1.32. The molecule has 0 heterocycles. The van der Waals surface area contributed by atoms with Crippen LogP contribution in [0.1, 0.15) is 20.8 Å². The summed E-state index contributed by atoms with van der Waals surface area (Å²) in [5, 5.41) is 2.67. The number of nitrogens with one attached hydrogen (secondary N) is 1. The Bertz CT molecular complexity index is 183. The molecule has 0 rings (SSSR count). The first-order valence-corrected chi connectivity index (χ1v) is 3.51. The first kappa shape index (κ1) is 9.88. The monoisotopic (exact) mass is 154 g/mol. The maximum absolute atomic E-state index is 11.0. The number of carbonyl (C=O) groups excluding carboxylic acids is 1. The van der Waals surface area contributed by atoms with Gasteiger partial charge in [0.2, 0.25) is 5.91 Å². The summed E-state index contributed by atoms with van der Waals surface area (Å²) >= 11 is 0. The molecule has 0 aliphatic heterocycles. The van der Waals surface area contributed by atoms with E-state index in [9.17, 15) is 4.79 Å². The highest BCUT2D eigenvalue weighted by Gasteiger charge is 2.05. The first-order chi connectivity index (χ1) is 5.07. The second-order valence-electron chi connectivity index (χ2n) is 2.64. The van der Waals surface area contributed by atoms with Gasteiger partial charge in [-0.3, -0.25) is 9.79 Å². The zero-order chi connectivity index (χ0) is 8.85. The molecule has 0 fully saturated rings. The molecule has 0 atom stereocenters. The van der Waals surface area contributed by atoms with E-state index in [-0.39, 0.29) is 11.8 Å². The second-order valence-corrected chi connectivity index (χ2v) is 2.64. The van der Waals surface area contributed by atoms with Crippen LogP contribution in [0.4, 0.5) is 0 Å². The second kappa shape index (κ2) is 4.66. The molecule has 1 amide bonds. The summed E-state index contributed by atoms with van der Waals surface area (Å²) in [6, 6.07) is 0. The summed E-state index contributed by atoms with van der Waals surface area (Å²) in [5.74, 6) is 0.00515. The Morgan fingerprint density at radius 2 is 2.18 bits per heavy atom. The van der Waals surface area contributed by atoms with Crippen molar-refractivity contribution in [1.29, 1.82) is 0 Å². The molecule has 0 aromatic rings. The SMILES string of the molecule is C=N/C=C(\C)NC(=O)C(C)C. The Labute approximate surface area is 67.2 Å². The Balaban J connectivity index is 3.95. The molecular formula is C8H14N2O. The molecule has 0 aliphatic carbocycles. The van der Waals surface area contributed by atoms with Crippen LogP contribution in [0.3, 0.4) is 0 Å². The lowest BCUT2D eigenvalue weighted by molar-refractivity contribution is -0.123. The normalized spacial score (nSPS) is 11.5. The standard InChI is InChI=1S/C8H14N2O/c1-6(2)8(11)10-7(3)5-9-4/h5-6H,4H2,1-3H3,(H,10,11)/b7-5+. The fourth-order valence-corrected chi connectivity index (χ4v) is 0.508. The molecule has 0 unspecified atom stereocenters. The van der Waals surface area contributed by atoms with Gasteiger partial charge in [0.05, 0.1) is 0 Å². The summed E-state index contributed by atoms with van der Waals surface area (Å²) in [6.07, 6.45) is 1.51. The van der Waals surface area contributed by atoms with Gasteiger partial charge in [0.25, 0.3) is 0 Å². The lowest BCUT2D eigenvalue weighted by Crippen LogP contribution is -2.25. The highest BCUT2D eigenvalue weighted by Crippen LogP contribution is 1.94. The van der Waals surface area contributed by atoms with Crippen molar-refractivity contribution in [3.8, 4) is 0 Å². The summed E-state index contributed by atoms with van der Waals surface area (Å²) < 4.78 is 0. The average molecular weight is 154 g/mol. The third kappa shape index (κ3) is 4.31. The molecule has 0 aliphatic rings. The van der Waals surface area contributed by atoms with Crippen molar-refractivity contribution in [2.24, 2.45) is 10.9 Å². The van der Waals surface area contributed by atoms with Crippen LogP contribution in [-0.4, -0.2) is 12.6 Å². The molecule has 62 valence electrons. The van der Waals surface area contributed by atoms with E-state index in [1.165, 1.54) is 6.20 Å². The lowest BCUT2D eigenvalue weighted by Gasteiger charge is -2.05. The van der Waals surface area contributed by atoms with Crippen LogP contribution in [0.25, 0.3) is 0 Å². The largest absolute Gasteiger partial charge is 0.328 e. The maximum Gasteiger partial charge on any atom is 0.226 e. The van der Waals surface area contributed by atoms with Gasteiger partial charge in [0, 0.05) is 17.8 Å². The van der Waals surface area contributed by atoms with Gasteiger partial charge in [-0.25, -0.2) is 0 Å². The summed E-state index contributed by atoms with van der Waals surface area (Å²) in [4.78, 5) is 14.5. The molecule has 0 saturated heterocycles. The predicted molar refractivity (Wildman–Crippen MR) is 46.3 cm³/mol. The molecule has 0 spiro atoms. The topological polar surface area (TPSA) is 41.5 Å². The van der Waals surface area contributed by atoms with Gasteiger partial charge in [0.15, 0.2) is 0 Å². The van der Waals surface area contributed by atoms with Crippen LogP contribution in [-0.2, 0) is 4.79 Å². The molecule has 0 radical (unpaired) electrons. The fraction of sp³-hybridized carbons (Fsp3) is 0.500. The van der Waals surface area contributed by atoms with Crippen LogP contribution in [0.5, 0.6) is 0 Å². The third-order valence-electron chi connectivity index (χ3n) is 1.13. The van der Waals surface area contributed by atoms with Crippen molar-refractivity contribution in [3.05, 3.63) is 11.9 Å². The van der Waals surface area contributed by atoms with Crippen molar-refractivity contribution in [2.45, 2.75) is 20.8 Å². The van der Waals surface area contributed by atoms with E-state index in [0.717, 1.165) is 5.70 Å². The Hall–Kier alpha value is -1.12. The minimum atomic E-state index is 0.00222. The van der Waals surface area contributed by atoms with Crippen LogP contribution in [0.2, 0.25) is 0 Å². The van der Waals surface area contributed by atoms with E-state index in [1.807, 2.05) is 13.8 Å². The van der Waals surface area contributed by atoms with Crippen LogP contribution < -0.4 is 5.32 Å². The molecule has 0 saturated carbocycles. The van der Waals surface area contributed by atoms with Gasteiger partial charge < -0.3 is 5.32 Å². The number of allylic oxidation sites excluding steroid dienone is 1. The number of carbonyl (C=O) groups is 1. The van der Waals surface area contributed by atoms with Crippen LogP contribution in [0, 0.1) is 5.92 Å². The first-order valence-electron chi connectivity index (χ1n) is 3.51. The van der Waals surface area contributed by atoms with Crippen molar-refractivity contribution in [3.63, 3.8) is 0 Å². The minimum Gasteiger partial charge on any atom is -0.328 e. The smallest absolute Gasteiger partial charge is 0.226 e. The van der Waals surface area contributed by atoms with Crippen molar-refractivity contribution in [2.75, 3.05) is 0 Å². The fourth-order valence-electron chi connectivity index (χ4n) is 0.508.